The van der Waals surface area contributed by atoms with Gasteiger partial charge in [0, 0.05) is 17.2 Å². The van der Waals surface area contributed by atoms with E-state index >= 15 is 0 Å². The van der Waals surface area contributed by atoms with Gasteiger partial charge in [0.05, 0.1) is 7.11 Å². The standard InChI is InChI=1S/C20H14FNO4/c1-24-16-6-5-13-7-12(11-25-18(13)10-16)8-17-20(23)26-19(22-17)14-3-2-4-15(21)9-14/h2-10H,11H2,1H3/b17-8+. The molecule has 0 bridgehead atoms. The number of methoxy groups -OCH3 is 1. The van der Waals surface area contributed by atoms with Crippen molar-refractivity contribution in [3.63, 3.8) is 0 Å². The van der Waals surface area contributed by atoms with Crippen molar-refractivity contribution < 1.29 is 23.4 Å². The fourth-order valence-electron chi connectivity index (χ4n) is 2.70. The van der Waals surface area contributed by atoms with E-state index in [4.69, 9.17) is 14.2 Å². The Morgan fingerprint density at radius 2 is 2.12 bits per heavy atom. The molecule has 0 N–H and O–H groups in total. The number of aliphatic imine (C=N–C) groups is 1. The molecule has 26 heavy (non-hydrogen) atoms. The minimum atomic E-state index is -0.578. The highest BCUT2D eigenvalue weighted by molar-refractivity contribution is 6.11. The topological polar surface area (TPSA) is 57.1 Å². The van der Waals surface area contributed by atoms with Gasteiger partial charge in [-0.1, -0.05) is 6.07 Å². The first-order valence-electron chi connectivity index (χ1n) is 7.92. The van der Waals surface area contributed by atoms with Gasteiger partial charge in [-0.05, 0) is 48.1 Å². The number of carbonyl (C=O) groups is 1. The summed E-state index contributed by atoms with van der Waals surface area (Å²) in [5, 5.41) is 0. The summed E-state index contributed by atoms with van der Waals surface area (Å²) in [6.45, 7) is 0.293. The van der Waals surface area contributed by atoms with Gasteiger partial charge in [-0.25, -0.2) is 14.2 Å². The summed E-state index contributed by atoms with van der Waals surface area (Å²) in [6.07, 6.45) is 3.52. The molecule has 0 aliphatic carbocycles. The molecule has 0 atom stereocenters. The Kier molecular flexibility index (Phi) is 4.01. The van der Waals surface area contributed by atoms with Crippen LogP contribution < -0.4 is 9.47 Å². The molecular weight excluding hydrogens is 337 g/mol. The van der Waals surface area contributed by atoms with Crippen molar-refractivity contribution in [2.24, 2.45) is 4.99 Å². The molecule has 0 aromatic heterocycles. The minimum absolute atomic E-state index is 0.0863. The van der Waals surface area contributed by atoms with E-state index in [1.165, 1.54) is 18.2 Å². The van der Waals surface area contributed by atoms with Crippen molar-refractivity contribution in [2.45, 2.75) is 0 Å². The second-order valence-corrected chi connectivity index (χ2v) is 5.76. The molecule has 0 saturated carbocycles. The molecule has 0 radical (unpaired) electrons. The van der Waals surface area contributed by atoms with Crippen molar-refractivity contribution >= 4 is 17.9 Å². The van der Waals surface area contributed by atoms with Crippen LogP contribution in [0.3, 0.4) is 0 Å². The molecule has 2 heterocycles. The van der Waals surface area contributed by atoms with Crippen molar-refractivity contribution in [1.29, 1.82) is 0 Å². The van der Waals surface area contributed by atoms with E-state index in [0.717, 1.165) is 11.1 Å². The molecular formula is C20H14FNO4. The number of halogens is 1. The monoisotopic (exact) mass is 351 g/mol. The number of rotatable bonds is 3. The predicted molar refractivity (Wildman–Crippen MR) is 93.6 cm³/mol. The molecule has 2 aromatic rings. The lowest BCUT2D eigenvalue weighted by molar-refractivity contribution is -0.130. The van der Waals surface area contributed by atoms with Crippen LogP contribution in [0, 0.1) is 5.82 Å². The van der Waals surface area contributed by atoms with Gasteiger partial charge in [-0.15, -0.1) is 0 Å². The lowest BCUT2D eigenvalue weighted by Gasteiger charge is -2.16. The van der Waals surface area contributed by atoms with Crippen LogP contribution >= 0.6 is 0 Å². The van der Waals surface area contributed by atoms with Crippen LogP contribution in [0.2, 0.25) is 0 Å². The molecule has 0 fully saturated rings. The van der Waals surface area contributed by atoms with E-state index in [0.29, 0.717) is 23.7 Å². The van der Waals surface area contributed by atoms with E-state index in [1.54, 1.807) is 25.3 Å². The van der Waals surface area contributed by atoms with Gasteiger partial charge < -0.3 is 14.2 Å². The maximum Gasteiger partial charge on any atom is 0.363 e. The van der Waals surface area contributed by atoms with E-state index in [-0.39, 0.29) is 11.6 Å². The number of benzene rings is 2. The van der Waals surface area contributed by atoms with Crippen LogP contribution in [0.5, 0.6) is 11.5 Å². The second-order valence-electron chi connectivity index (χ2n) is 5.76. The molecule has 2 aromatic carbocycles. The summed E-state index contributed by atoms with van der Waals surface area (Å²) < 4.78 is 29.4. The second kappa shape index (κ2) is 6.48. The van der Waals surface area contributed by atoms with E-state index < -0.39 is 11.8 Å². The van der Waals surface area contributed by atoms with Crippen LogP contribution in [0.15, 0.2) is 64.8 Å². The SMILES string of the molecule is COc1ccc2c(c1)OCC(/C=C1/N=C(c3cccc(F)c3)OC1=O)=C2. The first kappa shape index (κ1) is 16.1. The lowest BCUT2D eigenvalue weighted by Crippen LogP contribution is -2.08. The quantitative estimate of drug-likeness (QED) is 0.627. The maximum absolute atomic E-state index is 13.3. The Morgan fingerprint density at radius 1 is 1.23 bits per heavy atom. The smallest absolute Gasteiger partial charge is 0.363 e. The summed E-state index contributed by atoms with van der Waals surface area (Å²) >= 11 is 0. The van der Waals surface area contributed by atoms with Crippen LogP contribution in [0.4, 0.5) is 4.39 Å². The zero-order valence-electron chi connectivity index (χ0n) is 13.9. The first-order chi connectivity index (χ1) is 12.6. The average Bonchev–Trinajstić information content (AvgIpc) is 3.02. The van der Waals surface area contributed by atoms with Crippen LogP contribution in [0.1, 0.15) is 11.1 Å². The number of carbonyl (C=O) groups excluding carboxylic acids is 1. The van der Waals surface area contributed by atoms with Crippen LogP contribution in [-0.4, -0.2) is 25.6 Å². The third kappa shape index (κ3) is 3.09. The average molecular weight is 351 g/mol. The Bertz CT molecular complexity index is 991. The third-order valence-corrected chi connectivity index (χ3v) is 3.97. The van der Waals surface area contributed by atoms with Crippen molar-refractivity contribution in [3.05, 3.63) is 76.8 Å². The van der Waals surface area contributed by atoms with Gasteiger partial charge >= 0.3 is 5.97 Å². The number of hydrogen-bond acceptors (Lipinski definition) is 5. The number of esters is 1. The number of cyclic esters (lactones) is 1. The predicted octanol–water partition coefficient (Wildman–Crippen LogP) is 3.50. The molecule has 0 spiro atoms. The fourth-order valence-corrected chi connectivity index (χ4v) is 2.70. The summed E-state index contributed by atoms with van der Waals surface area (Å²) in [4.78, 5) is 16.2. The van der Waals surface area contributed by atoms with Crippen molar-refractivity contribution in [2.75, 3.05) is 13.7 Å². The minimum Gasteiger partial charge on any atom is -0.497 e. The molecule has 2 aliphatic rings. The molecule has 4 rings (SSSR count). The first-order valence-corrected chi connectivity index (χ1v) is 7.92. The Morgan fingerprint density at radius 3 is 2.92 bits per heavy atom. The third-order valence-electron chi connectivity index (χ3n) is 3.97. The molecule has 130 valence electrons. The zero-order chi connectivity index (χ0) is 18.1. The lowest BCUT2D eigenvalue weighted by atomic mass is 10.1. The summed E-state index contributed by atoms with van der Waals surface area (Å²) in [5.74, 6) is 0.509. The largest absolute Gasteiger partial charge is 0.497 e. The van der Waals surface area contributed by atoms with Gasteiger partial charge in [0.25, 0.3) is 0 Å². The zero-order valence-corrected chi connectivity index (χ0v) is 13.9. The molecule has 6 heteroatoms. The van der Waals surface area contributed by atoms with Crippen molar-refractivity contribution in [1.82, 2.24) is 0 Å². The Balaban J connectivity index is 1.63. The number of fused-ring (bicyclic) bond motifs is 1. The van der Waals surface area contributed by atoms with Crippen molar-refractivity contribution in [3.8, 4) is 11.5 Å². The molecule has 0 unspecified atom stereocenters. The Hall–Kier alpha value is -3.41. The molecule has 2 aliphatic heterocycles. The number of nitrogens with zero attached hydrogens (tertiary/aromatic N) is 1. The summed E-state index contributed by atoms with van der Waals surface area (Å²) in [7, 11) is 1.59. The van der Waals surface area contributed by atoms with Gasteiger partial charge in [-0.3, -0.25) is 0 Å². The van der Waals surface area contributed by atoms with Gasteiger partial charge in [0.1, 0.15) is 23.9 Å². The summed E-state index contributed by atoms with van der Waals surface area (Å²) in [6, 6.07) is 11.3. The molecule has 5 nitrogen and oxygen atoms in total. The highest BCUT2D eigenvalue weighted by Crippen LogP contribution is 2.31. The fraction of sp³-hybridized carbons (Fsp3) is 0.100. The Labute approximate surface area is 149 Å². The summed E-state index contributed by atoms with van der Waals surface area (Å²) in [5.41, 5.74) is 2.22. The highest BCUT2D eigenvalue weighted by Gasteiger charge is 2.25. The molecule has 0 amide bonds. The van der Waals surface area contributed by atoms with E-state index in [9.17, 15) is 9.18 Å². The van der Waals surface area contributed by atoms with Crippen LogP contribution in [0.25, 0.3) is 6.08 Å². The van der Waals surface area contributed by atoms with Gasteiger partial charge in [0.2, 0.25) is 5.90 Å². The van der Waals surface area contributed by atoms with E-state index in [1.807, 2.05) is 18.2 Å². The van der Waals surface area contributed by atoms with E-state index in [2.05, 4.69) is 4.99 Å². The van der Waals surface area contributed by atoms with Crippen LogP contribution in [-0.2, 0) is 9.53 Å². The molecule has 0 saturated heterocycles. The number of hydrogen-bond donors (Lipinski definition) is 0. The number of ether oxygens (including phenoxy) is 3. The normalized spacial score (nSPS) is 17.2. The highest BCUT2D eigenvalue weighted by atomic mass is 19.1. The van der Waals surface area contributed by atoms with Gasteiger partial charge in [0.15, 0.2) is 5.70 Å². The van der Waals surface area contributed by atoms with Gasteiger partial charge in [-0.2, -0.15) is 0 Å². The maximum atomic E-state index is 13.3.